The van der Waals surface area contributed by atoms with E-state index < -0.39 is 5.60 Å². The van der Waals surface area contributed by atoms with Crippen molar-refractivity contribution in [2.75, 3.05) is 30.4 Å². The maximum Gasteiger partial charge on any atom is 0.227 e. The number of aryl methyl sites for hydroxylation is 1. The Kier molecular flexibility index (Phi) is 5.03. The van der Waals surface area contributed by atoms with Crippen molar-refractivity contribution in [2.24, 2.45) is 0 Å². The normalized spacial score (nSPS) is 22.8. The fourth-order valence-corrected chi connectivity index (χ4v) is 6.67. The van der Waals surface area contributed by atoms with Crippen LogP contribution in [0.5, 0.6) is 0 Å². The summed E-state index contributed by atoms with van der Waals surface area (Å²) in [4.78, 5) is 23.9. The number of nitrogens with zero attached hydrogens (tertiary/aromatic N) is 6. The Hall–Kier alpha value is -3.14. The molecule has 9 heteroatoms. The topological polar surface area (TPSA) is 90.3 Å². The molecule has 2 N–H and O–H groups in total. The van der Waals surface area contributed by atoms with E-state index in [-0.39, 0.29) is 0 Å². The molecule has 184 valence electrons. The standard InChI is InChI=1S/C27H29N7OS/c1-16-9-24(32-26(29-16)34-15-19-11-20(34)14-33(19)2)31-23-12-21-22(13-28-23)36-25(30-21)17-5-3-6-18(10-17)27(35)7-4-8-27/h3,5-6,9-10,12-13,19-20,35H,4,7-8,11,14-15H2,1-2H3,(H,28,29,31,32)/t19-,20-/m0/s1. The number of aliphatic hydroxyl groups is 1. The summed E-state index contributed by atoms with van der Waals surface area (Å²) in [6.45, 7) is 4.06. The Balaban J connectivity index is 1.14. The number of likely N-dealkylation sites (N-methyl/N-ethyl adjacent to an activating group) is 1. The van der Waals surface area contributed by atoms with E-state index in [1.807, 2.05) is 37.4 Å². The zero-order valence-corrected chi connectivity index (χ0v) is 21.3. The van der Waals surface area contributed by atoms with Crippen LogP contribution in [0, 0.1) is 6.92 Å². The number of rotatable bonds is 5. The number of thiazole rings is 1. The predicted octanol–water partition coefficient (Wildman–Crippen LogP) is 4.46. The Morgan fingerprint density at radius 1 is 1.06 bits per heavy atom. The van der Waals surface area contributed by atoms with Gasteiger partial charge in [-0.05, 0) is 51.3 Å². The van der Waals surface area contributed by atoms with Crippen LogP contribution in [0.4, 0.5) is 17.6 Å². The average Bonchev–Trinajstić information content (AvgIpc) is 3.56. The summed E-state index contributed by atoms with van der Waals surface area (Å²) in [6, 6.07) is 13.2. The molecule has 3 fully saturated rings. The number of benzene rings is 1. The third-order valence-corrected chi connectivity index (χ3v) is 9.03. The van der Waals surface area contributed by atoms with E-state index in [2.05, 4.69) is 39.3 Å². The van der Waals surface area contributed by atoms with Crippen LogP contribution in [-0.2, 0) is 5.60 Å². The third kappa shape index (κ3) is 3.73. The monoisotopic (exact) mass is 499 g/mol. The van der Waals surface area contributed by atoms with Gasteiger partial charge in [0.25, 0.3) is 0 Å². The van der Waals surface area contributed by atoms with Gasteiger partial charge in [0.1, 0.15) is 16.6 Å². The molecular formula is C27H29N7OS. The number of hydrogen-bond acceptors (Lipinski definition) is 9. The zero-order chi connectivity index (χ0) is 24.4. The highest BCUT2D eigenvalue weighted by atomic mass is 32.1. The van der Waals surface area contributed by atoms with Crippen LogP contribution in [0.15, 0.2) is 42.6 Å². The highest BCUT2D eigenvalue weighted by Crippen LogP contribution is 2.42. The van der Waals surface area contributed by atoms with Crippen LogP contribution in [0.3, 0.4) is 0 Å². The van der Waals surface area contributed by atoms with Gasteiger partial charge in [-0.2, -0.15) is 4.98 Å². The van der Waals surface area contributed by atoms with Crippen molar-refractivity contribution in [2.45, 2.75) is 50.3 Å². The Bertz CT molecular complexity index is 1460. The number of anilines is 3. The number of hydrogen-bond donors (Lipinski definition) is 2. The third-order valence-electron chi connectivity index (χ3n) is 7.97. The average molecular weight is 500 g/mol. The lowest BCUT2D eigenvalue weighted by molar-refractivity contribution is -0.0387. The van der Waals surface area contributed by atoms with Gasteiger partial charge >= 0.3 is 0 Å². The Labute approximate surface area is 214 Å². The summed E-state index contributed by atoms with van der Waals surface area (Å²) in [6.07, 6.45) is 5.79. The van der Waals surface area contributed by atoms with E-state index in [9.17, 15) is 5.11 Å². The van der Waals surface area contributed by atoms with E-state index in [4.69, 9.17) is 15.0 Å². The molecule has 8 nitrogen and oxygen atoms in total. The summed E-state index contributed by atoms with van der Waals surface area (Å²) in [5, 5.41) is 15.1. The zero-order valence-electron chi connectivity index (χ0n) is 20.5. The largest absolute Gasteiger partial charge is 0.385 e. The molecule has 0 unspecified atom stereocenters. The van der Waals surface area contributed by atoms with E-state index in [0.29, 0.717) is 17.9 Å². The second-order valence-corrected chi connectivity index (χ2v) is 11.5. The highest BCUT2D eigenvalue weighted by Gasteiger charge is 2.42. The first-order valence-corrected chi connectivity index (χ1v) is 13.4. The molecule has 7 rings (SSSR count). The van der Waals surface area contributed by atoms with E-state index in [0.717, 1.165) is 76.2 Å². The number of piperazine rings is 1. The van der Waals surface area contributed by atoms with Crippen molar-refractivity contribution < 1.29 is 5.11 Å². The van der Waals surface area contributed by atoms with Gasteiger partial charge in [0.2, 0.25) is 5.95 Å². The first-order chi connectivity index (χ1) is 17.4. The maximum atomic E-state index is 10.8. The van der Waals surface area contributed by atoms with E-state index in [1.165, 1.54) is 6.42 Å². The number of nitrogens with one attached hydrogen (secondary N) is 1. The molecule has 1 aromatic carbocycles. The summed E-state index contributed by atoms with van der Waals surface area (Å²) in [5.74, 6) is 2.25. The number of aromatic nitrogens is 4. The minimum atomic E-state index is -0.676. The van der Waals surface area contributed by atoms with E-state index >= 15 is 0 Å². The first kappa shape index (κ1) is 22.1. The summed E-state index contributed by atoms with van der Waals surface area (Å²) < 4.78 is 1.03. The van der Waals surface area contributed by atoms with E-state index in [1.54, 1.807) is 11.3 Å². The molecule has 3 aromatic heterocycles. The predicted molar refractivity (Wildman–Crippen MR) is 143 cm³/mol. The summed E-state index contributed by atoms with van der Waals surface area (Å²) in [5.41, 5.74) is 3.17. The van der Waals surface area contributed by atoms with Gasteiger partial charge in [-0.3, -0.25) is 4.90 Å². The second-order valence-electron chi connectivity index (χ2n) is 10.5. The second kappa shape index (κ2) is 8.19. The van der Waals surface area contributed by atoms with Gasteiger partial charge < -0.3 is 15.3 Å². The molecule has 3 aliphatic rings. The van der Waals surface area contributed by atoms with Crippen molar-refractivity contribution >= 4 is 39.1 Å². The van der Waals surface area contributed by atoms with Gasteiger partial charge in [0.15, 0.2) is 0 Å². The lowest BCUT2D eigenvalue weighted by Gasteiger charge is -2.37. The molecule has 1 saturated carbocycles. The Morgan fingerprint density at radius 2 is 1.94 bits per heavy atom. The smallest absolute Gasteiger partial charge is 0.227 e. The summed E-state index contributed by atoms with van der Waals surface area (Å²) >= 11 is 1.62. The quantitative estimate of drug-likeness (QED) is 0.416. The fraction of sp³-hybridized carbons (Fsp3) is 0.407. The van der Waals surface area contributed by atoms with Crippen LogP contribution >= 0.6 is 11.3 Å². The van der Waals surface area contributed by atoms with Gasteiger partial charge in [0, 0.05) is 54.8 Å². The molecule has 2 bridgehead atoms. The molecule has 1 aliphatic carbocycles. The van der Waals surface area contributed by atoms with Crippen LogP contribution < -0.4 is 10.2 Å². The van der Waals surface area contributed by atoms with Gasteiger partial charge in [0.05, 0.1) is 15.8 Å². The number of pyridine rings is 1. The van der Waals surface area contributed by atoms with Crippen molar-refractivity contribution in [3.8, 4) is 10.6 Å². The van der Waals surface area contributed by atoms with Crippen molar-refractivity contribution in [3.05, 3.63) is 53.9 Å². The Morgan fingerprint density at radius 3 is 2.69 bits per heavy atom. The molecule has 2 aliphatic heterocycles. The molecule has 0 spiro atoms. The minimum Gasteiger partial charge on any atom is -0.385 e. The summed E-state index contributed by atoms with van der Waals surface area (Å²) in [7, 11) is 2.20. The number of likely N-dealkylation sites (tertiary alicyclic amines) is 1. The lowest BCUT2D eigenvalue weighted by Crippen LogP contribution is -2.45. The fourth-order valence-electron chi connectivity index (χ4n) is 5.76. The molecule has 2 saturated heterocycles. The first-order valence-electron chi connectivity index (χ1n) is 12.6. The molecule has 0 radical (unpaired) electrons. The molecule has 5 heterocycles. The van der Waals surface area contributed by atoms with Crippen LogP contribution in [0.25, 0.3) is 20.8 Å². The van der Waals surface area contributed by atoms with Crippen molar-refractivity contribution in [1.29, 1.82) is 0 Å². The molecular weight excluding hydrogens is 470 g/mol. The van der Waals surface area contributed by atoms with Crippen molar-refractivity contribution in [3.63, 3.8) is 0 Å². The van der Waals surface area contributed by atoms with Gasteiger partial charge in [-0.15, -0.1) is 11.3 Å². The van der Waals surface area contributed by atoms with Crippen LogP contribution in [0.1, 0.15) is 36.9 Å². The SMILES string of the molecule is Cc1cc(Nc2cc3nc(-c4cccc(C5(O)CCC5)c4)sc3cn2)nc(N2C[C@@H]3C[C@H]2CN3C)n1. The lowest BCUT2D eigenvalue weighted by atomic mass is 9.75. The minimum absolute atomic E-state index is 0.487. The molecule has 4 aromatic rings. The van der Waals surface area contributed by atoms with Crippen LogP contribution in [-0.4, -0.2) is 62.2 Å². The molecule has 0 amide bonds. The van der Waals surface area contributed by atoms with Crippen molar-refractivity contribution in [1.82, 2.24) is 24.8 Å². The molecule has 36 heavy (non-hydrogen) atoms. The van der Waals surface area contributed by atoms with Crippen LogP contribution in [0.2, 0.25) is 0 Å². The molecule has 2 atom stereocenters. The maximum absolute atomic E-state index is 10.8. The number of fused-ring (bicyclic) bond motifs is 3. The van der Waals surface area contributed by atoms with Gasteiger partial charge in [-0.1, -0.05) is 18.2 Å². The highest BCUT2D eigenvalue weighted by molar-refractivity contribution is 7.21. The van der Waals surface area contributed by atoms with Gasteiger partial charge in [-0.25, -0.2) is 15.0 Å².